The molecule has 0 aromatic heterocycles. The lowest BCUT2D eigenvalue weighted by atomic mass is 9.77. The Bertz CT molecular complexity index is 1310. The first-order chi connectivity index (χ1) is 18.7. The molecule has 224 valence electrons. The van der Waals surface area contributed by atoms with Gasteiger partial charge in [-0.2, -0.15) is 26.3 Å². The first kappa shape index (κ1) is 31.9. The third-order valence-corrected chi connectivity index (χ3v) is 7.36. The van der Waals surface area contributed by atoms with Crippen LogP contribution in [0.4, 0.5) is 30.7 Å². The van der Waals surface area contributed by atoms with Crippen LogP contribution in [0.15, 0.2) is 36.4 Å². The van der Waals surface area contributed by atoms with E-state index in [4.69, 9.17) is 0 Å². The molecule has 1 fully saturated rings. The lowest BCUT2D eigenvalue weighted by molar-refractivity contribution is -0.160. The summed E-state index contributed by atoms with van der Waals surface area (Å²) in [5.74, 6) is -4.83. The van der Waals surface area contributed by atoms with Crippen LogP contribution >= 0.6 is 0 Å². The summed E-state index contributed by atoms with van der Waals surface area (Å²) in [5.41, 5.74) is -4.20. The van der Waals surface area contributed by atoms with Crippen molar-refractivity contribution in [3.8, 4) is 0 Å². The molecule has 0 saturated carbocycles. The van der Waals surface area contributed by atoms with Crippen LogP contribution in [0.1, 0.15) is 54.0 Å². The summed E-state index contributed by atoms with van der Waals surface area (Å²) < 4.78 is 93.8. The number of nitrogens with zero attached hydrogens (tertiary/aromatic N) is 2. The molecule has 2 amide bonds. The molecule has 2 aromatic rings. The summed E-state index contributed by atoms with van der Waals surface area (Å²) >= 11 is 0. The van der Waals surface area contributed by atoms with Crippen molar-refractivity contribution in [3.63, 3.8) is 0 Å². The van der Waals surface area contributed by atoms with Gasteiger partial charge in [0.2, 0.25) is 11.8 Å². The number of carbonyl (C=O) groups excluding carboxylic acids is 2. The van der Waals surface area contributed by atoms with E-state index in [1.807, 2.05) is 0 Å². The minimum absolute atomic E-state index is 0.00398. The molecular formula is C28H29F7N2O4. The number of aryl methyl sites for hydroxylation is 1. The number of aliphatic carboxylic acids is 1. The molecule has 0 radical (unpaired) electrons. The summed E-state index contributed by atoms with van der Waals surface area (Å²) in [5, 5.41) is 9.50. The van der Waals surface area contributed by atoms with Crippen LogP contribution in [0.3, 0.4) is 0 Å². The molecule has 0 spiro atoms. The van der Waals surface area contributed by atoms with Crippen LogP contribution in [0.25, 0.3) is 0 Å². The average molecular weight is 591 g/mol. The molecule has 0 aliphatic carbocycles. The van der Waals surface area contributed by atoms with Crippen molar-refractivity contribution in [1.29, 1.82) is 0 Å². The Balaban J connectivity index is 1.96. The maximum atomic E-state index is 13.9. The number of amides is 2. The molecule has 6 nitrogen and oxygen atoms in total. The number of piperidine rings is 1. The highest BCUT2D eigenvalue weighted by molar-refractivity contribution is 6.01. The Hall–Kier alpha value is -3.64. The predicted molar refractivity (Wildman–Crippen MR) is 133 cm³/mol. The van der Waals surface area contributed by atoms with Gasteiger partial charge in [-0.25, -0.2) is 4.39 Å². The van der Waals surface area contributed by atoms with E-state index in [0.717, 1.165) is 11.0 Å². The number of hydrogen-bond acceptors (Lipinski definition) is 3. The normalized spacial score (nSPS) is 18.3. The molecule has 13 heteroatoms. The van der Waals surface area contributed by atoms with E-state index in [1.165, 1.54) is 37.9 Å². The Morgan fingerprint density at radius 2 is 1.54 bits per heavy atom. The fourth-order valence-electron chi connectivity index (χ4n) is 5.03. The van der Waals surface area contributed by atoms with Crippen LogP contribution in [0, 0.1) is 24.1 Å². The van der Waals surface area contributed by atoms with Crippen molar-refractivity contribution in [1.82, 2.24) is 9.80 Å². The van der Waals surface area contributed by atoms with Crippen LogP contribution in [0.2, 0.25) is 0 Å². The molecule has 1 aliphatic rings. The molecule has 1 aliphatic heterocycles. The minimum Gasteiger partial charge on any atom is -0.480 e. The largest absolute Gasteiger partial charge is 0.480 e. The van der Waals surface area contributed by atoms with Crippen LogP contribution < -0.4 is 0 Å². The number of alkyl halides is 6. The number of benzene rings is 2. The lowest BCUT2D eigenvalue weighted by Crippen LogP contribution is -2.52. The highest BCUT2D eigenvalue weighted by Gasteiger charge is 2.45. The van der Waals surface area contributed by atoms with Gasteiger partial charge in [0.05, 0.1) is 11.1 Å². The summed E-state index contributed by atoms with van der Waals surface area (Å²) in [6.07, 6.45) is -10.1. The quantitative estimate of drug-likeness (QED) is 0.337. The molecular weight excluding hydrogens is 561 g/mol. The highest BCUT2D eigenvalue weighted by atomic mass is 19.4. The van der Waals surface area contributed by atoms with E-state index in [-0.39, 0.29) is 31.1 Å². The lowest BCUT2D eigenvalue weighted by Gasteiger charge is -2.41. The number of halogens is 7. The summed E-state index contributed by atoms with van der Waals surface area (Å²) in [4.78, 5) is 40.7. The first-order valence-electron chi connectivity index (χ1n) is 12.6. The number of carboxylic acid groups (broad SMARTS) is 1. The van der Waals surface area contributed by atoms with Gasteiger partial charge in [0.25, 0.3) is 0 Å². The van der Waals surface area contributed by atoms with E-state index < -0.39 is 70.9 Å². The third-order valence-electron chi connectivity index (χ3n) is 7.36. The van der Waals surface area contributed by atoms with Crippen molar-refractivity contribution in [2.45, 2.75) is 52.0 Å². The molecule has 41 heavy (non-hydrogen) atoms. The van der Waals surface area contributed by atoms with Crippen molar-refractivity contribution in [3.05, 3.63) is 70.0 Å². The number of hydrogen-bond donors (Lipinski definition) is 1. The highest BCUT2D eigenvalue weighted by Crippen LogP contribution is 2.39. The maximum Gasteiger partial charge on any atom is 0.416 e. The zero-order chi connectivity index (χ0) is 31.1. The zero-order valence-electron chi connectivity index (χ0n) is 22.7. The van der Waals surface area contributed by atoms with Crippen molar-refractivity contribution in [2.24, 2.45) is 11.3 Å². The fraction of sp³-hybridized carbons (Fsp3) is 0.464. The molecule has 2 aromatic carbocycles. The summed E-state index contributed by atoms with van der Waals surface area (Å²) in [7, 11) is 1.25. The predicted octanol–water partition coefficient (Wildman–Crippen LogP) is 5.87. The Kier molecular flexibility index (Phi) is 8.81. The molecule has 1 heterocycles. The van der Waals surface area contributed by atoms with Gasteiger partial charge in [-0.3, -0.25) is 14.4 Å². The van der Waals surface area contributed by atoms with Gasteiger partial charge >= 0.3 is 18.3 Å². The van der Waals surface area contributed by atoms with Crippen molar-refractivity contribution in [2.75, 3.05) is 20.1 Å². The SMILES string of the molecule is Cc1cc(F)ccc1C1CN(C(=O)C(C)(C)C(=O)O)CCC1C(=O)N(C)Cc1cc(C(F)(F)F)cc(C(F)(F)F)c1. The van der Waals surface area contributed by atoms with Gasteiger partial charge in [-0.1, -0.05) is 6.07 Å². The van der Waals surface area contributed by atoms with Crippen LogP contribution in [-0.2, 0) is 33.3 Å². The minimum atomic E-state index is -5.05. The maximum absolute atomic E-state index is 13.9. The van der Waals surface area contributed by atoms with E-state index in [9.17, 15) is 50.2 Å². The standard InChI is InChI=1S/C28H29F7N2O4/c1-15-9-19(29)5-6-20(15)22-14-37(24(39)26(2,3)25(40)41)8-7-21(22)23(38)36(4)13-16-10-17(27(30,31)32)12-18(11-16)28(33,34)35/h5-6,9-12,21-22H,7-8,13-14H2,1-4H3,(H,40,41). The van der Waals surface area contributed by atoms with E-state index in [1.54, 1.807) is 6.92 Å². The van der Waals surface area contributed by atoms with Crippen LogP contribution in [0.5, 0.6) is 0 Å². The molecule has 1 N–H and O–H groups in total. The fourth-order valence-corrected chi connectivity index (χ4v) is 5.03. The molecule has 1 saturated heterocycles. The smallest absolute Gasteiger partial charge is 0.416 e. The number of likely N-dealkylation sites (tertiary alicyclic amines) is 1. The van der Waals surface area contributed by atoms with Crippen molar-refractivity contribution < 1.29 is 50.2 Å². The second-order valence-electron chi connectivity index (χ2n) is 10.8. The number of rotatable bonds is 6. The summed E-state index contributed by atoms with van der Waals surface area (Å²) in [6, 6.07) is 4.94. The Labute approximate surface area is 231 Å². The third kappa shape index (κ3) is 6.99. The second-order valence-corrected chi connectivity index (χ2v) is 10.8. The van der Waals surface area contributed by atoms with Gasteiger partial charge in [0.1, 0.15) is 11.2 Å². The van der Waals surface area contributed by atoms with Gasteiger partial charge in [0.15, 0.2) is 0 Å². The topological polar surface area (TPSA) is 77.9 Å². The zero-order valence-corrected chi connectivity index (χ0v) is 22.7. The van der Waals surface area contributed by atoms with E-state index in [0.29, 0.717) is 23.3 Å². The second kappa shape index (κ2) is 11.3. The van der Waals surface area contributed by atoms with Gasteiger partial charge in [-0.05, 0) is 74.2 Å². The molecule has 2 atom stereocenters. The molecule has 0 bridgehead atoms. The monoisotopic (exact) mass is 590 g/mol. The molecule has 2 unspecified atom stereocenters. The van der Waals surface area contributed by atoms with E-state index >= 15 is 0 Å². The first-order valence-corrected chi connectivity index (χ1v) is 12.6. The number of carbonyl (C=O) groups is 3. The summed E-state index contributed by atoms with van der Waals surface area (Å²) in [6.45, 7) is 3.39. The number of carboxylic acids is 1. The average Bonchev–Trinajstić information content (AvgIpc) is 2.86. The van der Waals surface area contributed by atoms with Crippen LogP contribution in [-0.4, -0.2) is 52.8 Å². The Morgan fingerprint density at radius 1 is 0.976 bits per heavy atom. The van der Waals surface area contributed by atoms with Gasteiger partial charge in [-0.15, -0.1) is 0 Å². The molecule has 3 rings (SSSR count). The van der Waals surface area contributed by atoms with Crippen molar-refractivity contribution >= 4 is 17.8 Å². The van der Waals surface area contributed by atoms with Gasteiger partial charge in [0, 0.05) is 38.5 Å². The Morgan fingerprint density at radius 3 is 2.02 bits per heavy atom. The van der Waals surface area contributed by atoms with Gasteiger partial charge < -0.3 is 14.9 Å². The van der Waals surface area contributed by atoms with E-state index in [2.05, 4.69) is 0 Å².